The maximum atomic E-state index is 10.7. The number of carbonyl (C=O) groups excluding carboxylic acids is 1. The number of esters is 1. The molecule has 0 radical (unpaired) electrons. The average Bonchev–Trinajstić information content (AvgIpc) is 1.96. The molecule has 0 saturated heterocycles. The van der Waals surface area contributed by atoms with Crippen LogP contribution >= 0.6 is 0 Å². The number of aliphatic carboxylic acids is 1. The van der Waals surface area contributed by atoms with E-state index in [9.17, 15) is 9.59 Å². The highest BCUT2D eigenvalue weighted by atomic mass is 16.5. The third-order valence-corrected chi connectivity index (χ3v) is 0.969. The van der Waals surface area contributed by atoms with Gasteiger partial charge >= 0.3 is 11.9 Å². The highest BCUT2D eigenvalue weighted by Crippen LogP contribution is 1.96. The number of carbonyl (C=O) groups is 2. The molecule has 0 unspecified atom stereocenters. The lowest BCUT2D eigenvalue weighted by molar-refractivity contribution is -0.144. The highest BCUT2D eigenvalue weighted by Gasteiger charge is 2.04. The van der Waals surface area contributed by atoms with E-state index in [1.54, 1.807) is 13.8 Å². The Morgan fingerprint density at radius 3 is 2.33 bits per heavy atom. The first-order valence-electron chi connectivity index (χ1n) is 3.57. The first-order valence-corrected chi connectivity index (χ1v) is 3.57. The molecule has 0 fully saturated rings. The Morgan fingerprint density at radius 1 is 1.33 bits per heavy atom. The smallest absolute Gasteiger partial charge is 0.311 e. The summed E-state index contributed by atoms with van der Waals surface area (Å²) in [6, 6.07) is 0. The average molecular weight is 172 g/mol. The lowest BCUT2D eigenvalue weighted by Gasteiger charge is -1.96. The van der Waals surface area contributed by atoms with Crippen LogP contribution in [0.3, 0.4) is 0 Å². The summed E-state index contributed by atoms with van der Waals surface area (Å²) < 4.78 is 4.59. The van der Waals surface area contributed by atoms with E-state index in [0.717, 1.165) is 5.57 Å². The van der Waals surface area contributed by atoms with Gasteiger partial charge in [0.2, 0.25) is 0 Å². The summed E-state index contributed by atoms with van der Waals surface area (Å²) in [4.78, 5) is 20.7. The fraction of sp³-hybridized carbons (Fsp3) is 0.500. The van der Waals surface area contributed by atoms with Gasteiger partial charge in [-0.15, -0.1) is 0 Å². The summed E-state index contributed by atoms with van der Waals surface area (Å²) in [5.74, 6) is -1.51. The summed E-state index contributed by atoms with van der Waals surface area (Å²) in [6.07, 6.45) is 1.04. The van der Waals surface area contributed by atoms with Crippen LogP contribution in [-0.2, 0) is 14.3 Å². The van der Waals surface area contributed by atoms with Gasteiger partial charge in [-0.25, -0.2) is 0 Å². The fourth-order valence-corrected chi connectivity index (χ4v) is 0.451. The molecule has 0 aromatic rings. The number of carboxylic acid groups (broad SMARTS) is 1. The van der Waals surface area contributed by atoms with Crippen molar-refractivity contribution < 1.29 is 19.4 Å². The van der Waals surface area contributed by atoms with Gasteiger partial charge in [0.15, 0.2) is 0 Å². The molecular formula is C8H12O4. The lowest BCUT2D eigenvalue weighted by atomic mass is 10.3. The minimum atomic E-state index is -0.996. The van der Waals surface area contributed by atoms with Crippen LogP contribution in [0.1, 0.15) is 26.7 Å². The van der Waals surface area contributed by atoms with Gasteiger partial charge in [-0.3, -0.25) is 9.59 Å². The van der Waals surface area contributed by atoms with Gasteiger partial charge in [0.25, 0.3) is 0 Å². The molecule has 0 aromatic carbocycles. The molecule has 12 heavy (non-hydrogen) atoms. The lowest BCUT2D eigenvalue weighted by Crippen LogP contribution is -2.04. The molecule has 0 heterocycles. The Bertz CT molecular complexity index is 201. The third kappa shape index (κ3) is 6.80. The van der Waals surface area contributed by atoms with Crippen LogP contribution in [0.4, 0.5) is 0 Å². The Balaban J connectivity index is 3.61. The zero-order valence-corrected chi connectivity index (χ0v) is 7.16. The van der Waals surface area contributed by atoms with Crippen molar-refractivity contribution in [3.63, 3.8) is 0 Å². The van der Waals surface area contributed by atoms with Crippen LogP contribution < -0.4 is 0 Å². The van der Waals surface area contributed by atoms with E-state index < -0.39 is 11.9 Å². The molecule has 68 valence electrons. The van der Waals surface area contributed by atoms with Crippen LogP contribution in [0.5, 0.6) is 0 Å². The molecule has 0 saturated carbocycles. The molecule has 0 rings (SSSR count). The van der Waals surface area contributed by atoms with Crippen molar-refractivity contribution >= 4 is 11.9 Å². The van der Waals surface area contributed by atoms with Crippen LogP contribution in [0.25, 0.3) is 0 Å². The maximum absolute atomic E-state index is 10.7. The molecule has 0 aliphatic carbocycles. The molecule has 0 bridgehead atoms. The number of carboxylic acids is 1. The van der Waals surface area contributed by atoms with Gasteiger partial charge in [-0.05, 0) is 19.4 Å². The van der Waals surface area contributed by atoms with Crippen molar-refractivity contribution in [2.45, 2.75) is 26.7 Å². The van der Waals surface area contributed by atoms with Gasteiger partial charge < -0.3 is 9.84 Å². The van der Waals surface area contributed by atoms with Crippen LogP contribution in [0.2, 0.25) is 0 Å². The van der Waals surface area contributed by atoms with E-state index in [2.05, 4.69) is 4.74 Å². The normalized spacial score (nSPS) is 8.83. The van der Waals surface area contributed by atoms with Gasteiger partial charge in [-0.2, -0.15) is 0 Å². The van der Waals surface area contributed by atoms with E-state index in [1.807, 2.05) is 0 Å². The maximum Gasteiger partial charge on any atom is 0.311 e. The predicted octanol–water partition coefficient (Wildman–Crippen LogP) is 1.32. The SMILES string of the molecule is CC(C)=COC(=O)CCC(=O)O. The van der Waals surface area contributed by atoms with Crippen LogP contribution in [0, 0.1) is 0 Å². The number of ether oxygens (including phenoxy) is 1. The number of hydrogen-bond acceptors (Lipinski definition) is 3. The fourth-order valence-electron chi connectivity index (χ4n) is 0.451. The Morgan fingerprint density at radius 2 is 1.92 bits per heavy atom. The molecule has 0 amide bonds. The number of hydrogen-bond donors (Lipinski definition) is 1. The summed E-state index contributed by atoms with van der Waals surface area (Å²) in [7, 11) is 0. The van der Waals surface area contributed by atoms with Crippen molar-refractivity contribution in [3.8, 4) is 0 Å². The van der Waals surface area contributed by atoms with Crippen LogP contribution in [0.15, 0.2) is 11.8 Å². The van der Waals surface area contributed by atoms with Crippen LogP contribution in [-0.4, -0.2) is 17.0 Å². The van der Waals surface area contributed by atoms with Crippen molar-refractivity contribution in [1.29, 1.82) is 0 Å². The predicted molar refractivity (Wildman–Crippen MR) is 42.4 cm³/mol. The minimum Gasteiger partial charge on any atom is -0.481 e. The van der Waals surface area contributed by atoms with E-state index in [0.29, 0.717) is 0 Å². The molecule has 0 atom stereocenters. The first kappa shape index (κ1) is 10.7. The largest absolute Gasteiger partial charge is 0.481 e. The zero-order valence-electron chi connectivity index (χ0n) is 7.16. The Hall–Kier alpha value is -1.32. The van der Waals surface area contributed by atoms with Crippen molar-refractivity contribution in [1.82, 2.24) is 0 Å². The van der Waals surface area contributed by atoms with Crippen molar-refractivity contribution in [2.75, 3.05) is 0 Å². The topological polar surface area (TPSA) is 63.6 Å². The molecular weight excluding hydrogens is 160 g/mol. The second-order valence-corrected chi connectivity index (χ2v) is 2.58. The Kier molecular flexibility index (Phi) is 4.76. The second-order valence-electron chi connectivity index (χ2n) is 2.58. The molecule has 0 aromatic heterocycles. The van der Waals surface area contributed by atoms with Gasteiger partial charge in [0.05, 0.1) is 19.1 Å². The molecule has 1 N–H and O–H groups in total. The second kappa shape index (κ2) is 5.35. The van der Waals surface area contributed by atoms with Gasteiger partial charge in [0, 0.05) is 0 Å². The third-order valence-electron chi connectivity index (χ3n) is 0.969. The van der Waals surface area contributed by atoms with E-state index in [-0.39, 0.29) is 12.8 Å². The summed E-state index contributed by atoms with van der Waals surface area (Å²) >= 11 is 0. The molecule has 0 spiro atoms. The molecule has 0 aliphatic heterocycles. The monoisotopic (exact) mass is 172 g/mol. The van der Waals surface area contributed by atoms with Gasteiger partial charge in [-0.1, -0.05) is 0 Å². The van der Waals surface area contributed by atoms with E-state index in [4.69, 9.17) is 5.11 Å². The molecule has 0 aliphatic rings. The minimum absolute atomic E-state index is 0.0842. The van der Waals surface area contributed by atoms with Crippen molar-refractivity contribution in [3.05, 3.63) is 11.8 Å². The first-order chi connectivity index (χ1) is 5.52. The standard InChI is InChI=1S/C8H12O4/c1-6(2)5-12-8(11)4-3-7(9)10/h5H,3-4H2,1-2H3,(H,9,10). The van der Waals surface area contributed by atoms with E-state index in [1.165, 1.54) is 6.26 Å². The molecule has 4 heteroatoms. The summed E-state index contributed by atoms with van der Waals surface area (Å²) in [6.45, 7) is 3.56. The quantitative estimate of drug-likeness (QED) is 0.513. The number of allylic oxidation sites excluding steroid dienone is 1. The van der Waals surface area contributed by atoms with Crippen molar-refractivity contribution in [2.24, 2.45) is 0 Å². The highest BCUT2D eigenvalue weighted by molar-refractivity contribution is 5.76. The molecule has 4 nitrogen and oxygen atoms in total. The number of rotatable bonds is 4. The van der Waals surface area contributed by atoms with E-state index >= 15 is 0 Å². The zero-order chi connectivity index (χ0) is 9.56. The Labute approximate surface area is 70.8 Å². The van der Waals surface area contributed by atoms with Gasteiger partial charge in [0.1, 0.15) is 0 Å². The summed E-state index contributed by atoms with van der Waals surface area (Å²) in [5.41, 5.74) is 0.860. The summed E-state index contributed by atoms with van der Waals surface area (Å²) in [5, 5.41) is 8.22.